The number of hydrogen-bond acceptors (Lipinski definition) is 1. The largest absolute Gasteiger partial charge is 0.481 e. The Bertz CT molecular complexity index is 30.6. The average molecular weight is 78.1 g/mol. The van der Waals surface area contributed by atoms with Crippen molar-refractivity contribution in [2.24, 2.45) is 0 Å². The lowest BCUT2D eigenvalue weighted by atomic mass is 10.9. The molecule has 0 aromatic rings. The zero-order chi connectivity index (χ0) is 3.58. The van der Waals surface area contributed by atoms with E-state index in [2.05, 4.69) is 0 Å². The van der Waals surface area contributed by atoms with Gasteiger partial charge in [-0.15, -0.1) is 0 Å². The van der Waals surface area contributed by atoms with Crippen LogP contribution in [0.2, 0.25) is 0 Å². The first-order chi connectivity index (χ1) is 1.73. The van der Waals surface area contributed by atoms with Gasteiger partial charge in [0.1, 0.15) is 0 Å². The fourth-order valence-corrected chi connectivity index (χ4v) is 0. The molecule has 3 nitrogen and oxygen atoms in total. The zero-order valence-corrected chi connectivity index (χ0v) is 3.36. The van der Waals surface area contributed by atoms with E-state index in [1.165, 1.54) is 0 Å². The molecule has 3 heteroatoms. The van der Waals surface area contributed by atoms with E-state index in [1.807, 2.05) is 0 Å². The van der Waals surface area contributed by atoms with Crippen molar-refractivity contribution in [1.29, 1.82) is 0 Å². The molecule has 0 amide bonds. The first kappa shape index (κ1) is 8.83. The smallest absolute Gasteiger partial charge is 0.300 e. The number of carboxylic acid groups (broad SMARTS) is 1. The first-order valence-corrected chi connectivity index (χ1v) is 0.928. The van der Waals surface area contributed by atoms with Crippen molar-refractivity contribution >= 4 is 5.97 Å². The summed E-state index contributed by atoms with van der Waals surface area (Å²) < 4.78 is 0. The van der Waals surface area contributed by atoms with Crippen LogP contribution in [0.3, 0.4) is 0 Å². The normalized spacial score (nSPS) is 5.00. The molecule has 0 spiro atoms. The molecule has 0 aliphatic heterocycles. The van der Waals surface area contributed by atoms with E-state index in [-0.39, 0.29) is 6.15 Å². The number of carbonyl (C=O) groups is 1. The molecule has 0 radical (unpaired) electrons. The minimum absolute atomic E-state index is 0. The van der Waals surface area contributed by atoms with Crippen LogP contribution in [-0.4, -0.2) is 11.1 Å². The molecule has 0 aromatic heterocycles. The van der Waals surface area contributed by atoms with Gasteiger partial charge in [0.15, 0.2) is 0 Å². The summed E-state index contributed by atoms with van der Waals surface area (Å²) in [6, 6.07) is 0. The topological polar surface area (TPSA) is 73.8 Å². The minimum Gasteiger partial charge on any atom is -0.481 e. The average Bonchev–Trinajstić information content (AvgIpc) is 0.811. The number of aliphatic carboxylic acids is 1. The third-order valence-electron chi connectivity index (χ3n) is 0. The van der Waals surface area contributed by atoms with Gasteiger partial charge in [0.05, 0.1) is 0 Å². The molecule has 0 atom stereocenters. The van der Waals surface area contributed by atoms with Crippen molar-refractivity contribution in [2.75, 3.05) is 0 Å². The lowest BCUT2D eigenvalue weighted by Gasteiger charge is -1.59. The molecule has 32 valence electrons. The summed E-state index contributed by atoms with van der Waals surface area (Å²) >= 11 is 0. The van der Waals surface area contributed by atoms with Crippen LogP contribution < -0.4 is 6.15 Å². The first-order valence-electron chi connectivity index (χ1n) is 0.928. The molecule has 0 rings (SSSR count). The van der Waals surface area contributed by atoms with Gasteiger partial charge in [0.25, 0.3) is 5.97 Å². The van der Waals surface area contributed by atoms with Gasteiger partial charge >= 0.3 is 0 Å². The molecule has 0 saturated carbocycles. The van der Waals surface area contributed by atoms with Crippen LogP contribution in [0.1, 0.15) is 6.92 Å². The standard InChI is InChI=1S/C2H4O2.H3N/c1-2(3)4;/h1H3,(H,3,4);1H3/p+1. The summed E-state index contributed by atoms with van der Waals surface area (Å²) in [5, 5.41) is 7.42. The van der Waals surface area contributed by atoms with Crippen LogP contribution in [0.15, 0.2) is 0 Å². The van der Waals surface area contributed by atoms with Crippen molar-refractivity contribution in [3.8, 4) is 0 Å². The molecule has 0 bridgehead atoms. The third-order valence-corrected chi connectivity index (χ3v) is 0. The maximum absolute atomic E-state index is 9.00. The van der Waals surface area contributed by atoms with Gasteiger partial charge in [-0.05, 0) is 0 Å². The van der Waals surface area contributed by atoms with E-state index in [4.69, 9.17) is 9.90 Å². The van der Waals surface area contributed by atoms with E-state index in [9.17, 15) is 0 Å². The van der Waals surface area contributed by atoms with E-state index in [1.54, 1.807) is 0 Å². The highest BCUT2D eigenvalue weighted by atomic mass is 16.4. The molecule has 0 heterocycles. The Morgan fingerprint density at radius 1 is 1.80 bits per heavy atom. The van der Waals surface area contributed by atoms with Crippen LogP contribution in [-0.2, 0) is 4.79 Å². The highest BCUT2D eigenvalue weighted by Crippen LogP contribution is 1.42. The summed E-state index contributed by atoms with van der Waals surface area (Å²) in [4.78, 5) is 9.00. The second kappa shape index (κ2) is 3.43. The third kappa shape index (κ3) is 21.6. The van der Waals surface area contributed by atoms with Gasteiger partial charge in [0, 0.05) is 6.92 Å². The second-order valence-corrected chi connectivity index (χ2v) is 0.519. The fourth-order valence-electron chi connectivity index (χ4n) is 0. The Morgan fingerprint density at radius 2 is 1.80 bits per heavy atom. The monoisotopic (exact) mass is 78.1 g/mol. The summed E-state index contributed by atoms with van der Waals surface area (Å²) in [6.07, 6.45) is 0. The Labute approximate surface area is 30.2 Å². The lowest BCUT2D eigenvalue weighted by molar-refractivity contribution is -0.134. The summed E-state index contributed by atoms with van der Waals surface area (Å²) in [6.45, 7) is 1.08. The van der Waals surface area contributed by atoms with Gasteiger partial charge in [-0.1, -0.05) is 0 Å². The van der Waals surface area contributed by atoms with E-state index in [0.717, 1.165) is 6.92 Å². The number of rotatable bonds is 0. The number of hydrogen-bond donors (Lipinski definition) is 2. The molecular weight excluding hydrogens is 70.0 g/mol. The maximum Gasteiger partial charge on any atom is 0.300 e. The van der Waals surface area contributed by atoms with Gasteiger partial charge in [0.2, 0.25) is 0 Å². The summed E-state index contributed by atoms with van der Waals surface area (Å²) in [5.41, 5.74) is 0. The van der Waals surface area contributed by atoms with Crippen molar-refractivity contribution in [3.63, 3.8) is 0 Å². The molecule has 0 fully saturated rings. The van der Waals surface area contributed by atoms with Crippen LogP contribution >= 0.6 is 0 Å². The Kier molecular flexibility index (Phi) is 6.05. The van der Waals surface area contributed by atoms with Gasteiger partial charge in [-0.3, -0.25) is 4.79 Å². The van der Waals surface area contributed by atoms with Crippen LogP contribution in [0.25, 0.3) is 0 Å². The molecule has 5 heavy (non-hydrogen) atoms. The molecule has 5 N–H and O–H groups in total. The van der Waals surface area contributed by atoms with Gasteiger partial charge in [-0.25, -0.2) is 0 Å². The van der Waals surface area contributed by atoms with E-state index >= 15 is 0 Å². The van der Waals surface area contributed by atoms with E-state index in [0.29, 0.717) is 0 Å². The number of quaternary nitrogens is 1. The van der Waals surface area contributed by atoms with Crippen LogP contribution in [0.4, 0.5) is 0 Å². The Balaban J connectivity index is 0. The van der Waals surface area contributed by atoms with Crippen molar-refractivity contribution in [3.05, 3.63) is 0 Å². The molecular formula is C2H8NO2+. The summed E-state index contributed by atoms with van der Waals surface area (Å²) in [7, 11) is 0. The minimum atomic E-state index is -0.833. The summed E-state index contributed by atoms with van der Waals surface area (Å²) in [5.74, 6) is -0.833. The van der Waals surface area contributed by atoms with E-state index < -0.39 is 5.97 Å². The molecule has 0 aliphatic rings. The highest BCUT2D eigenvalue weighted by molar-refractivity contribution is 5.62. The lowest BCUT2D eigenvalue weighted by Crippen LogP contribution is -1.78. The van der Waals surface area contributed by atoms with Crippen molar-refractivity contribution < 1.29 is 9.90 Å². The highest BCUT2D eigenvalue weighted by Gasteiger charge is 1.65. The molecule has 0 aliphatic carbocycles. The zero-order valence-electron chi connectivity index (χ0n) is 3.36. The second-order valence-electron chi connectivity index (χ2n) is 0.519. The SMILES string of the molecule is CC(=O)O.[NH4+]. The Morgan fingerprint density at radius 3 is 1.80 bits per heavy atom. The van der Waals surface area contributed by atoms with Gasteiger partial charge < -0.3 is 11.3 Å². The van der Waals surface area contributed by atoms with Crippen LogP contribution in [0, 0.1) is 0 Å². The Hall–Kier alpha value is -0.570. The quantitative estimate of drug-likeness (QED) is 0.442. The van der Waals surface area contributed by atoms with Crippen molar-refractivity contribution in [2.45, 2.75) is 6.92 Å². The molecule has 0 aromatic carbocycles. The predicted molar refractivity (Wildman–Crippen MR) is 19.3 cm³/mol. The maximum atomic E-state index is 9.00. The van der Waals surface area contributed by atoms with Crippen molar-refractivity contribution in [1.82, 2.24) is 6.15 Å². The molecule has 0 unspecified atom stereocenters. The predicted octanol–water partition coefficient (Wildman–Crippen LogP) is 0.467. The molecule has 0 saturated heterocycles. The fraction of sp³-hybridized carbons (Fsp3) is 0.500. The van der Waals surface area contributed by atoms with Gasteiger partial charge in [-0.2, -0.15) is 0 Å². The van der Waals surface area contributed by atoms with Crippen LogP contribution in [0.5, 0.6) is 0 Å². The number of carboxylic acids is 1.